The van der Waals surface area contributed by atoms with Gasteiger partial charge >= 0.3 is 0 Å². The van der Waals surface area contributed by atoms with Crippen molar-refractivity contribution in [2.75, 3.05) is 0 Å². The fourth-order valence-corrected chi connectivity index (χ4v) is 9.60. The molecule has 4 heterocycles. The average Bonchev–Trinajstić information content (AvgIpc) is 3.78. The largest absolute Gasteiger partial charge is 0.501 e. The van der Waals surface area contributed by atoms with E-state index in [9.17, 15) is 0 Å². The Morgan fingerprint density at radius 2 is 1.45 bits per heavy atom. The Bertz CT molecular complexity index is 2880. The van der Waals surface area contributed by atoms with Gasteiger partial charge in [0.05, 0.1) is 36.7 Å². The van der Waals surface area contributed by atoms with E-state index in [0.717, 1.165) is 61.3 Å². The van der Waals surface area contributed by atoms with Crippen molar-refractivity contribution in [2.45, 2.75) is 119 Å². The predicted octanol–water partition coefficient (Wildman–Crippen LogP) is 14.2. The van der Waals surface area contributed by atoms with Gasteiger partial charge in [-0.1, -0.05) is 147 Å². The van der Waals surface area contributed by atoms with Crippen LogP contribution in [0.4, 0.5) is 0 Å². The molecule has 0 N–H and O–H groups in total. The van der Waals surface area contributed by atoms with Gasteiger partial charge in [-0.2, -0.15) is 0 Å². The molecule has 0 aliphatic heterocycles. The molecule has 8 rings (SSSR count). The second-order valence-electron chi connectivity index (χ2n) is 18.9. The van der Waals surface area contributed by atoms with E-state index in [2.05, 4.69) is 153 Å². The van der Waals surface area contributed by atoms with Crippen LogP contribution in [-0.2, 0) is 25.5 Å². The standard InChI is InChI=1S/C35H36N3O.C18H24NSi.Ir/c1-20(2)26-16-22(5)17-27(21(3)4)32(26)38-29-18-31(35(6,7)8)36-19-28(29)37-34(38)25-14-11-13-24-23-12-9-10-15-30(23)39-33(24)25;1-13(2)16-11-17(15-9-7-14(3)8-10-15)19-12-18(16)20(4,5)6;/h9-13,15-21H,1-8H3;7-9,11-13H,1-6H3;/q2*-1;/i;3D3;. The maximum atomic E-state index is 7.44. The molecule has 4 aromatic heterocycles. The van der Waals surface area contributed by atoms with Crippen molar-refractivity contribution in [2.24, 2.45) is 0 Å². The predicted molar refractivity (Wildman–Crippen MR) is 252 cm³/mol. The number of para-hydroxylation sites is 1. The Kier molecular flexibility index (Phi) is 11.8. The molecule has 0 spiro atoms. The van der Waals surface area contributed by atoms with E-state index in [0.29, 0.717) is 23.3 Å². The molecule has 0 bridgehead atoms. The summed E-state index contributed by atoms with van der Waals surface area (Å²) in [6.45, 7) is 27.2. The summed E-state index contributed by atoms with van der Waals surface area (Å²) in [4.78, 5) is 14.7. The summed E-state index contributed by atoms with van der Waals surface area (Å²) >= 11 is 0. The number of fused-ring (bicyclic) bond motifs is 4. The Morgan fingerprint density at radius 1 is 0.767 bits per heavy atom. The maximum Gasteiger partial charge on any atom is 0.120 e. The van der Waals surface area contributed by atoms with E-state index < -0.39 is 14.9 Å². The minimum Gasteiger partial charge on any atom is -0.501 e. The molecule has 0 fully saturated rings. The molecular formula is C53H60IrN4OSi-2. The summed E-state index contributed by atoms with van der Waals surface area (Å²) < 4.78 is 31.1. The summed E-state index contributed by atoms with van der Waals surface area (Å²) in [5.41, 5.74) is 13.8. The number of benzene rings is 4. The third-order valence-corrected chi connectivity index (χ3v) is 13.1. The Labute approximate surface area is 376 Å². The van der Waals surface area contributed by atoms with Crippen LogP contribution in [0.3, 0.4) is 0 Å². The molecular weight excluding hydrogens is 929 g/mol. The number of aromatic nitrogens is 4. The zero-order valence-electron chi connectivity index (χ0n) is 40.4. The van der Waals surface area contributed by atoms with E-state index >= 15 is 0 Å². The van der Waals surface area contributed by atoms with Crippen molar-refractivity contribution in [3.8, 4) is 28.3 Å². The molecule has 0 atom stereocenters. The monoisotopic (exact) mass is 992 g/mol. The Balaban J connectivity index is 0.000000236. The van der Waals surface area contributed by atoms with Crippen molar-refractivity contribution in [1.29, 1.82) is 0 Å². The fourth-order valence-electron chi connectivity index (χ4n) is 7.92. The molecule has 5 nitrogen and oxygen atoms in total. The number of furan rings is 1. The van der Waals surface area contributed by atoms with Crippen molar-refractivity contribution in [3.05, 3.63) is 137 Å². The van der Waals surface area contributed by atoms with Gasteiger partial charge in [-0.05, 0) is 58.8 Å². The number of imidazole rings is 1. The molecule has 0 saturated carbocycles. The second kappa shape index (κ2) is 17.4. The molecule has 0 aliphatic rings. The molecule has 8 aromatic rings. The number of hydrogen-bond acceptors (Lipinski definition) is 4. The van der Waals surface area contributed by atoms with E-state index in [-0.39, 0.29) is 25.5 Å². The van der Waals surface area contributed by atoms with Crippen LogP contribution in [0.5, 0.6) is 0 Å². The molecule has 4 aromatic carbocycles. The quantitative estimate of drug-likeness (QED) is 0.118. The molecule has 0 saturated heterocycles. The van der Waals surface area contributed by atoms with Gasteiger partial charge in [0.2, 0.25) is 0 Å². The molecule has 60 heavy (non-hydrogen) atoms. The first-order valence-electron chi connectivity index (χ1n) is 22.4. The van der Waals surface area contributed by atoms with Crippen LogP contribution in [0.2, 0.25) is 19.6 Å². The van der Waals surface area contributed by atoms with Crippen molar-refractivity contribution in [1.82, 2.24) is 19.5 Å². The van der Waals surface area contributed by atoms with Gasteiger partial charge in [0.25, 0.3) is 0 Å². The number of hydrogen-bond donors (Lipinski definition) is 0. The van der Waals surface area contributed by atoms with Gasteiger partial charge in [0.15, 0.2) is 0 Å². The fraction of sp³-hybridized carbons (Fsp3) is 0.340. The third kappa shape index (κ3) is 8.86. The maximum absolute atomic E-state index is 7.44. The van der Waals surface area contributed by atoms with Crippen molar-refractivity contribution in [3.63, 3.8) is 0 Å². The first-order chi connectivity index (χ1) is 29.0. The first-order valence-corrected chi connectivity index (χ1v) is 24.4. The van der Waals surface area contributed by atoms with E-state index in [4.69, 9.17) is 18.5 Å². The van der Waals surface area contributed by atoms with Crippen molar-refractivity contribution >= 4 is 46.2 Å². The molecule has 313 valence electrons. The van der Waals surface area contributed by atoms with Crippen LogP contribution in [0.15, 0.2) is 95.7 Å². The minimum absolute atomic E-state index is 0. The molecule has 0 amide bonds. The zero-order chi connectivity index (χ0) is 45.1. The zero-order valence-corrected chi connectivity index (χ0v) is 40.8. The Hall–Kier alpha value is -4.68. The van der Waals surface area contributed by atoms with Crippen LogP contribution in [0.1, 0.15) is 118 Å². The Morgan fingerprint density at radius 3 is 2.05 bits per heavy atom. The van der Waals surface area contributed by atoms with Gasteiger partial charge in [0.1, 0.15) is 5.58 Å². The number of pyridine rings is 2. The molecule has 7 heteroatoms. The van der Waals surface area contributed by atoms with Gasteiger partial charge in [-0.25, -0.2) is 0 Å². The second-order valence-corrected chi connectivity index (χ2v) is 24.0. The number of aryl methyl sites for hydroxylation is 2. The van der Waals surface area contributed by atoms with Gasteiger partial charge in [0, 0.05) is 52.6 Å². The summed E-state index contributed by atoms with van der Waals surface area (Å²) in [5.74, 6) is 1.92. The number of rotatable bonds is 7. The van der Waals surface area contributed by atoms with Crippen LogP contribution >= 0.6 is 0 Å². The van der Waals surface area contributed by atoms with E-state index in [1.54, 1.807) is 18.2 Å². The topological polar surface area (TPSA) is 56.7 Å². The first kappa shape index (κ1) is 40.7. The normalized spacial score (nSPS) is 13.1. The summed E-state index contributed by atoms with van der Waals surface area (Å²) in [6, 6.07) is 32.9. The van der Waals surface area contributed by atoms with Gasteiger partial charge in [-0.3, -0.25) is 9.97 Å². The van der Waals surface area contributed by atoms with Crippen LogP contribution in [0, 0.1) is 25.9 Å². The molecule has 0 aliphatic carbocycles. The molecule has 0 unspecified atom stereocenters. The van der Waals surface area contributed by atoms with E-state index in [1.165, 1.54) is 33.1 Å². The average molecular weight is 992 g/mol. The minimum atomic E-state index is -2.09. The van der Waals surface area contributed by atoms with Crippen LogP contribution in [0.25, 0.3) is 61.3 Å². The van der Waals surface area contributed by atoms with Crippen LogP contribution in [-0.4, -0.2) is 27.6 Å². The summed E-state index contributed by atoms with van der Waals surface area (Å²) in [5, 5.41) is 3.56. The summed E-state index contributed by atoms with van der Waals surface area (Å²) in [6.07, 6.45) is 3.93. The third-order valence-electron chi connectivity index (χ3n) is 11.1. The number of nitrogens with zero attached hydrogens (tertiary/aromatic N) is 4. The van der Waals surface area contributed by atoms with Gasteiger partial charge in [-0.15, -0.1) is 53.6 Å². The SMILES string of the molecule is Cc1cc(C(C)C)c(-n2c(-c3[c-]ccc4c3oc3ccccc34)nc3cnc(C(C)(C)C)cc32)c(C(C)C)c1.[2H]C([2H])([2H])c1c[c-]c(-c2cc(C(C)C)c([Si](C)(C)C)cn2)cc1.[Ir]. The van der Waals surface area contributed by atoms with E-state index in [1.807, 2.05) is 30.6 Å². The van der Waals surface area contributed by atoms with Gasteiger partial charge < -0.3 is 14.0 Å². The van der Waals surface area contributed by atoms with Crippen molar-refractivity contribution < 1.29 is 28.6 Å². The smallest absolute Gasteiger partial charge is 0.120 e. The summed E-state index contributed by atoms with van der Waals surface area (Å²) in [7, 11) is -1.45. The molecule has 1 radical (unpaired) electrons. The van der Waals surface area contributed by atoms with Crippen LogP contribution < -0.4 is 5.19 Å².